The first kappa shape index (κ1) is 26.6. The van der Waals surface area contributed by atoms with E-state index in [-0.39, 0.29) is 36.0 Å². The van der Waals surface area contributed by atoms with Crippen LogP contribution in [0.15, 0.2) is 45.8 Å². The molecular weight excluding hydrogens is 524 g/mol. The minimum Gasteiger partial charge on any atom is -0.472 e. The first-order valence-electron chi connectivity index (χ1n) is 13.1. The normalized spacial score (nSPS) is 43.1. The summed E-state index contributed by atoms with van der Waals surface area (Å²) in [5.74, 6) is -4.47. The molecule has 6 rings (SSSR count). The van der Waals surface area contributed by atoms with Crippen molar-refractivity contribution in [1.29, 1.82) is 0 Å². The predicted molar refractivity (Wildman–Crippen MR) is 132 cm³/mol. The van der Waals surface area contributed by atoms with Crippen molar-refractivity contribution in [2.45, 2.75) is 70.4 Å². The number of cyclic esters (lactones) is 1. The Bertz CT molecular complexity index is 1470. The molecule has 0 saturated heterocycles. The smallest absolute Gasteiger partial charge is 0.331 e. The number of fused-ring (bicyclic) bond motifs is 5. The maximum absolute atomic E-state index is 14.3. The van der Waals surface area contributed by atoms with E-state index >= 15 is 0 Å². The maximum Gasteiger partial charge on any atom is 0.331 e. The molecule has 2 saturated carbocycles. The summed E-state index contributed by atoms with van der Waals surface area (Å²) >= 11 is 0. The van der Waals surface area contributed by atoms with Crippen LogP contribution in [-0.4, -0.2) is 64.1 Å². The van der Waals surface area contributed by atoms with Crippen molar-refractivity contribution in [3.63, 3.8) is 0 Å². The molecule has 212 valence electrons. The molecule has 0 spiro atoms. The Labute approximate surface area is 229 Å². The number of ketones is 2. The number of hydrogen-bond donors (Lipinski definition) is 2. The van der Waals surface area contributed by atoms with Gasteiger partial charge < -0.3 is 28.8 Å². The topological polar surface area (TPSA) is 167 Å². The molecule has 0 amide bonds. The first-order valence-corrected chi connectivity index (χ1v) is 13.1. The van der Waals surface area contributed by atoms with Crippen molar-refractivity contribution < 1.29 is 52.8 Å². The van der Waals surface area contributed by atoms with Gasteiger partial charge in [0.05, 0.1) is 26.1 Å². The first-order chi connectivity index (χ1) is 18.6. The molecule has 2 bridgehead atoms. The fourth-order valence-electron chi connectivity index (χ4n) is 8.71. The molecule has 0 radical (unpaired) electrons. The van der Waals surface area contributed by atoms with Crippen molar-refractivity contribution in [3.8, 4) is 0 Å². The molecule has 11 nitrogen and oxygen atoms in total. The highest BCUT2D eigenvalue weighted by Crippen LogP contribution is 2.78. The third-order valence-corrected chi connectivity index (χ3v) is 10.4. The lowest BCUT2D eigenvalue weighted by Crippen LogP contribution is -2.70. The van der Waals surface area contributed by atoms with Crippen LogP contribution in [0.4, 0.5) is 0 Å². The zero-order valence-corrected chi connectivity index (χ0v) is 22.7. The fraction of sp³-hybridized carbons (Fsp3) is 0.552. The molecule has 4 aliphatic carbocycles. The van der Waals surface area contributed by atoms with Gasteiger partial charge in [-0.3, -0.25) is 19.2 Å². The van der Waals surface area contributed by atoms with Crippen molar-refractivity contribution in [2.75, 3.05) is 7.11 Å². The second-order valence-electron chi connectivity index (χ2n) is 12.3. The minimum absolute atomic E-state index is 0.0177. The van der Waals surface area contributed by atoms with Crippen molar-refractivity contribution in [2.24, 2.45) is 22.2 Å². The summed E-state index contributed by atoms with van der Waals surface area (Å²) < 4.78 is 21.3. The molecule has 1 aromatic rings. The van der Waals surface area contributed by atoms with Gasteiger partial charge in [0.2, 0.25) is 0 Å². The molecule has 1 aromatic heterocycles. The van der Waals surface area contributed by atoms with Gasteiger partial charge >= 0.3 is 17.9 Å². The lowest BCUT2D eigenvalue weighted by atomic mass is 9.55. The zero-order chi connectivity index (χ0) is 29.2. The van der Waals surface area contributed by atoms with E-state index in [9.17, 15) is 34.2 Å². The summed E-state index contributed by atoms with van der Waals surface area (Å²) in [6.07, 6.45) is 0.198. The van der Waals surface area contributed by atoms with Crippen molar-refractivity contribution in [1.82, 2.24) is 0 Å². The van der Waals surface area contributed by atoms with Gasteiger partial charge in [-0.25, -0.2) is 4.79 Å². The van der Waals surface area contributed by atoms with E-state index < -0.39 is 75.0 Å². The molecule has 0 aromatic carbocycles. The number of rotatable bonds is 4. The van der Waals surface area contributed by atoms with Crippen LogP contribution in [0.25, 0.3) is 0 Å². The van der Waals surface area contributed by atoms with Crippen LogP contribution in [0.3, 0.4) is 0 Å². The van der Waals surface area contributed by atoms with Gasteiger partial charge in [-0.2, -0.15) is 0 Å². The highest BCUT2D eigenvalue weighted by atomic mass is 16.6. The third kappa shape index (κ3) is 2.74. The Morgan fingerprint density at radius 1 is 1.10 bits per heavy atom. The van der Waals surface area contributed by atoms with E-state index in [2.05, 4.69) is 0 Å². The number of esters is 3. The Kier molecular flexibility index (Phi) is 5.19. The fourth-order valence-corrected chi connectivity index (χ4v) is 8.71. The molecule has 11 heteroatoms. The number of carbonyl (C=O) groups is 5. The highest BCUT2D eigenvalue weighted by molar-refractivity contribution is 6.08. The Morgan fingerprint density at radius 3 is 2.40 bits per heavy atom. The SMILES string of the molecule is COC(=O)C[C@H]1[C@]2(C)C[C@]3(O)[C@@](O)(C4=C(C(=O)C[C@]5(C)C4=CC(=O)O[C@H]5c4ccoc4)[C@]13C)[C@@H](OC(C)=O)C2=O. The van der Waals surface area contributed by atoms with E-state index in [1.165, 1.54) is 19.6 Å². The summed E-state index contributed by atoms with van der Waals surface area (Å²) in [4.78, 5) is 66.4. The number of carbonyl (C=O) groups excluding carboxylic acids is 5. The van der Waals surface area contributed by atoms with Crippen molar-refractivity contribution in [3.05, 3.63) is 47.0 Å². The summed E-state index contributed by atoms with van der Waals surface area (Å²) in [6, 6.07) is 1.59. The molecule has 40 heavy (non-hydrogen) atoms. The standard InChI is InChI=1S/C29H30O11/c1-13(30)39-24-22(34)26(3)12-28(35)27(4,17(26)9-18(32)37-5)21-16(31)10-25(2)15(20(21)29(24,28)36)8-19(33)40-23(25)14-6-7-38-11-14/h6-8,11,17,23-24,35-36H,9-10,12H2,1-5H3/t17-,23-,24-,25+,26-,27-,28+,29+/m0/s1. The number of ether oxygens (including phenoxy) is 3. The second kappa shape index (κ2) is 7.79. The van der Waals surface area contributed by atoms with Gasteiger partial charge in [-0.05, 0) is 24.0 Å². The molecule has 2 N–H and O–H groups in total. The van der Waals surface area contributed by atoms with E-state index in [1.54, 1.807) is 26.8 Å². The summed E-state index contributed by atoms with van der Waals surface area (Å²) in [5.41, 5.74) is -8.60. The van der Waals surface area contributed by atoms with Crippen LogP contribution in [-0.2, 0) is 38.2 Å². The van der Waals surface area contributed by atoms with Crippen LogP contribution < -0.4 is 0 Å². The molecule has 2 heterocycles. The van der Waals surface area contributed by atoms with Gasteiger partial charge in [-0.15, -0.1) is 0 Å². The minimum atomic E-state index is -2.61. The summed E-state index contributed by atoms with van der Waals surface area (Å²) in [5, 5.41) is 25.3. The zero-order valence-electron chi connectivity index (χ0n) is 22.7. The number of furan rings is 1. The van der Waals surface area contributed by atoms with E-state index in [1.807, 2.05) is 0 Å². The summed E-state index contributed by atoms with van der Waals surface area (Å²) in [6.45, 7) is 5.86. The molecule has 5 aliphatic rings. The molecule has 8 atom stereocenters. The molecular formula is C29H30O11. The van der Waals surface area contributed by atoms with E-state index in [0.29, 0.717) is 5.56 Å². The molecule has 1 aliphatic heterocycles. The van der Waals surface area contributed by atoms with Gasteiger partial charge in [0.15, 0.2) is 23.3 Å². The quantitative estimate of drug-likeness (QED) is 0.410. The monoisotopic (exact) mass is 554 g/mol. The van der Waals surface area contributed by atoms with Gasteiger partial charge in [0, 0.05) is 52.4 Å². The highest BCUT2D eigenvalue weighted by Gasteiger charge is 2.88. The van der Waals surface area contributed by atoms with Crippen LogP contribution in [0.5, 0.6) is 0 Å². The van der Waals surface area contributed by atoms with Gasteiger partial charge in [0.1, 0.15) is 11.7 Å². The number of hydrogen-bond acceptors (Lipinski definition) is 11. The largest absolute Gasteiger partial charge is 0.472 e. The van der Waals surface area contributed by atoms with E-state index in [0.717, 1.165) is 13.0 Å². The van der Waals surface area contributed by atoms with Crippen LogP contribution in [0.1, 0.15) is 58.6 Å². The lowest BCUT2D eigenvalue weighted by molar-refractivity contribution is -0.223. The Morgan fingerprint density at radius 2 is 1.80 bits per heavy atom. The molecule has 0 unspecified atom stereocenters. The summed E-state index contributed by atoms with van der Waals surface area (Å²) in [7, 11) is 1.19. The lowest BCUT2D eigenvalue weighted by Gasteiger charge is -2.52. The maximum atomic E-state index is 14.3. The van der Waals surface area contributed by atoms with Gasteiger partial charge in [0.25, 0.3) is 0 Å². The van der Waals surface area contributed by atoms with Crippen LogP contribution in [0.2, 0.25) is 0 Å². The number of aliphatic hydroxyl groups is 2. The third-order valence-electron chi connectivity index (χ3n) is 10.4. The molecule has 2 fully saturated rings. The Balaban J connectivity index is 1.69. The average molecular weight is 555 g/mol. The Hall–Kier alpha value is -3.57. The number of methoxy groups -OCH3 is 1. The average Bonchev–Trinajstić information content (AvgIpc) is 3.50. The van der Waals surface area contributed by atoms with Crippen LogP contribution >= 0.6 is 0 Å². The van der Waals surface area contributed by atoms with Gasteiger partial charge in [-0.1, -0.05) is 20.8 Å². The van der Waals surface area contributed by atoms with Crippen LogP contribution in [0, 0.1) is 22.2 Å². The van der Waals surface area contributed by atoms with E-state index in [4.69, 9.17) is 18.6 Å². The number of Topliss-reactive ketones (excluding diaryl/α,β-unsaturated/α-hetero) is 2. The second-order valence-corrected chi connectivity index (χ2v) is 12.3. The predicted octanol–water partition coefficient (Wildman–Crippen LogP) is 1.67. The van der Waals surface area contributed by atoms with Crippen molar-refractivity contribution >= 4 is 29.5 Å².